The molecule has 3 rings (SSSR count). The summed E-state index contributed by atoms with van der Waals surface area (Å²) in [6, 6.07) is 5.13. The van der Waals surface area contributed by atoms with Gasteiger partial charge in [0, 0.05) is 16.6 Å². The molecular formula is C12H8ClN3O3. The first-order valence-corrected chi connectivity index (χ1v) is 5.82. The topological polar surface area (TPSA) is 88.0 Å². The van der Waals surface area contributed by atoms with Gasteiger partial charge in [0.25, 0.3) is 5.56 Å². The molecule has 0 aliphatic carbocycles. The molecule has 7 heteroatoms. The van der Waals surface area contributed by atoms with Gasteiger partial charge in [0.15, 0.2) is 0 Å². The van der Waals surface area contributed by atoms with Crippen LogP contribution in [0.1, 0.15) is 0 Å². The van der Waals surface area contributed by atoms with E-state index in [1.165, 1.54) is 6.20 Å². The lowest BCUT2D eigenvalue weighted by atomic mass is 10.2. The Morgan fingerprint density at radius 1 is 1.42 bits per heavy atom. The van der Waals surface area contributed by atoms with Crippen LogP contribution in [0.15, 0.2) is 29.2 Å². The maximum atomic E-state index is 12.0. The SMILES string of the molecule is O=C(O)Cn1[nH]c2c(cnc3ccc(Cl)cc32)c1=O. The molecule has 3 aromatic rings. The van der Waals surface area contributed by atoms with Crippen molar-refractivity contribution >= 4 is 39.4 Å². The predicted molar refractivity (Wildman–Crippen MR) is 70.5 cm³/mol. The van der Waals surface area contributed by atoms with Crippen LogP contribution in [-0.4, -0.2) is 25.8 Å². The molecule has 0 aliphatic heterocycles. The van der Waals surface area contributed by atoms with Crippen LogP contribution in [-0.2, 0) is 11.3 Å². The molecule has 0 aliphatic rings. The molecule has 0 bridgehead atoms. The summed E-state index contributed by atoms with van der Waals surface area (Å²) in [4.78, 5) is 26.9. The van der Waals surface area contributed by atoms with E-state index in [2.05, 4.69) is 10.1 Å². The van der Waals surface area contributed by atoms with Crippen molar-refractivity contribution in [2.45, 2.75) is 6.54 Å². The smallest absolute Gasteiger partial charge is 0.325 e. The third kappa shape index (κ3) is 1.86. The summed E-state index contributed by atoms with van der Waals surface area (Å²) in [5, 5.41) is 13.1. The van der Waals surface area contributed by atoms with Crippen LogP contribution >= 0.6 is 11.6 Å². The second kappa shape index (κ2) is 4.10. The fourth-order valence-electron chi connectivity index (χ4n) is 2.03. The summed E-state index contributed by atoms with van der Waals surface area (Å²) in [7, 11) is 0. The first-order chi connectivity index (χ1) is 9.06. The number of nitrogens with zero attached hydrogens (tertiary/aromatic N) is 2. The fraction of sp³-hybridized carbons (Fsp3) is 0.0833. The number of halogens is 1. The molecule has 19 heavy (non-hydrogen) atoms. The lowest BCUT2D eigenvalue weighted by Crippen LogP contribution is -2.21. The number of carboxylic acids is 1. The van der Waals surface area contributed by atoms with Gasteiger partial charge in [0.1, 0.15) is 6.54 Å². The minimum atomic E-state index is -1.09. The van der Waals surface area contributed by atoms with Crippen molar-refractivity contribution in [3.63, 3.8) is 0 Å². The minimum absolute atomic E-state index is 0.344. The highest BCUT2D eigenvalue weighted by molar-refractivity contribution is 6.31. The van der Waals surface area contributed by atoms with Gasteiger partial charge >= 0.3 is 5.97 Å². The Bertz CT molecular complexity index is 866. The number of aromatic nitrogens is 3. The van der Waals surface area contributed by atoms with Crippen LogP contribution in [0, 0.1) is 0 Å². The molecule has 96 valence electrons. The maximum Gasteiger partial charge on any atom is 0.325 e. The van der Waals surface area contributed by atoms with Crippen molar-refractivity contribution < 1.29 is 9.90 Å². The van der Waals surface area contributed by atoms with Crippen molar-refractivity contribution in [3.05, 3.63) is 39.8 Å². The Labute approximate surface area is 111 Å². The van der Waals surface area contributed by atoms with E-state index >= 15 is 0 Å². The Morgan fingerprint density at radius 2 is 2.21 bits per heavy atom. The van der Waals surface area contributed by atoms with E-state index in [0.717, 1.165) is 4.68 Å². The van der Waals surface area contributed by atoms with Gasteiger partial charge in [0.2, 0.25) is 0 Å². The highest BCUT2D eigenvalue weighted by atomic mass is 35.5. The van der Waals surface area contributed by atoms with E-state index in [9.17, 15) is 9.59 Å². The maximum absolute atomic E-state index is 12.0. The quantitative estimate of drug-likeness (QED) is 0.745. The van der Waals surface area contributed by atoms with Crippen molar-refractivity contribution in [1.82, 2.24) is 14.8 Å². The molecule has 0 fully saturated rings. The highest BCUT2D eigenvalue weighted by Crippen LogP contribution is 2.23. The lowest BCUT2D eigenvalue weighted by molar-refractivity contribution is -0.137. The molecule has 0 spiro atoms. The van der Waals surface area contributed by atoms with E-state index in [4.69, 9.17) is 16.7 Å². The second-order valence-electron chi connectivity index (χ2n) is 4.11. The first-order valence-electron chi connectivity index (χ1n) is 5.45. The normalized spacial score (nSPS) is 11.2. The zero-order valence-electron chi connectivity index (χ0n) is 9.55. The highest BCUT2D eigenvalue weighted by Gasteiger charge is 2.12. The number of hydrogen-bond acceptors (Lipinski definition) is 3. The van der Waals surface area contributed by atoms with Crippen molar-refractivity contribution in [1.29, 1.82) is 0 Å². The van der Waals surface area contributed by atoms with E-state index in [1.807, 2.05) is 0 Å². The van der Waals surface area contributed by atoms with Crippen LogP contribution in [0.4, 0.5) is 0 Å². The zero-order chi connectivity index (χ0) is 13.6. The average Bonchev–Trinajstić information content (AvgIpc) is 2.66. The van der Waals surface area contributed by atoms with E-state index in [0.29, 0.717) is 26.8 Å². The van der Waals surface area contributed by atoms with Gasteiger partial charge in [0.05, 0.1) is 16.4 Å². The van der Waals surface area contributed by atoms with Crippen LogP contribution < -0.4 is 5.56 Å². The summed E-state index contributed by atoms with van der Waals surface area (Å²) in [5.41, 5.74) is 0.811. The standard InChI is InChI=1S/C12H8ClN3O3/c13-6-1-2-9-7(3-6)11-8(4-14-9)12(19)16(15-11)5-10(17)18/h1-4,15H,5H2,(H,17,18). The molecular weight excluding hydrogens is 270 g/mol. The van der Waals surface area contributed by atoms with Gasteiger partial charge in [-0.25, -0.2) is 4.68 Å². The molecule has 2 N–H and O–H groups in total. The number of pyridine rings is 1. The molecule has 0 saturated carbocycles. The summed E-state index contributed by atoms with van der Waals surface area (Å²) in [6.07, 6.45) is 1.43. The van der Waals surface area contributed by atoms with Gasteiger partial charge in [-0.2, -0.15) is 0 Å². The van der Waals surface area contributed by atoms with Crippen LogP contribution in [0.2, 0.25) is 5.02 Å². The molecule has 6 nitrogen and oxygen atoms in total. The third-order valence-electron chi connectivity index (χ3n) is 2.85. The largest absolute Gasteiger partial charge is 0.480 e. The van der Waals surface area contributed by atoms with Gasteiger partial charge in [-0.1, -0.05) is 11.6 Å². The molecule has 2 aromatic heterocycles. The summed E-state index contributed by atoms with van der Waals surface area (Å²) in [6.45, 7) is -0.421. The zero-order valence-corrected chi connectivity index (χ0v) is 10.3. The Kier molecular flexibility index (Phi) is 2.53. The number of carbonyl (C=O) groups is 1. The molecule has 1 aromatic carbocycles. The monoisotopic (exact) mass is 277 g/mol. The Morgan fingerprint density at radius 3 is 2.95 bits per heavy atom. The number of aliphatic carboxylic acids is 1. The summed E-state index contributed by atoms with van der Waals surface area (Å²) in [5.74, 6) is -1.09. The van der Waals surface area contributed by atoms with Gasteiger partial charge in [-0.05, 0) is 18.2 Å². The fourth-order valence-corrected chi connectivity index (χ4v) is 2.20. The second-order valence-corrected chi connectivity index (χ2v) is 4.54. The number of benzene rings is 1. The van der Waals surface area contributed by atoms with Crippen LogP contribution in [0.5, 0.6) is 0 Å². The van der Waals surface area contributed by atoms with Crippen LogP contribution in [0.3, 0.4) is 0 Å². The van der Waals surface area contributed by atoms with Gasteiger partial charge < -0.3 is 5.11 Å². The number of rotatable bonds is 2. The number of hydrogen-bond donors (Lipinski definition) is 2. The van der Waals surface area contributed by atoms with E-state index in [-0.39, 0.29) is 0 Å². The predicted octanol–water partition coefficient (Wildman–Crippen LogP) is 1.62. The molecule has 2 heterocycles. The number of carboxylic acid groups (broad SMARTS) is 1. The Balaban J connectivity index is 2.39. The molecule has 0 radical (unpaired) electrons. The average molecular weight is 278 g/mol. The van der Waals surface area contributed by atoms with Crippen molar-refractivity contribution in [3.8, 4) is 0 Å². The summed E-state index contributed by atoms with van der Waals surface area (Å²) >= 11 is 5.93. The lowest BCUT2D eigenvalue weighted by Gasteiger charge is -1.98. The third-order valence-corrected chi connectivity index (χ3v) is 3.08. The molecule has 0 saturated heterocycles. The number of aromatic amines is 1. The number of H-pyrrole nitrogens is 1. The number of fused-ring (bicyclic) bond motifs is 3. The Hall–Kier alpha value is -2.34. The summed E-state index contributed by atoms with van der Waals surface area (Å²) < 4.78 is 1.04. The molecule has 0 amide bonds. The van der Waals surface area contributed by atoms with E-state index < -0.39 is 18.1 Å². The number of nitrogens with one attached hydrogen (secondary N) is 1. The van der Waals surface area contributed by atoms with Gasteiger partial charge in [-0.3, -0.25) is 19.7 Å². The first kappa shape index (κ1) is 11.7. The van der Waals surface area contributed by atoms with Gasteiger partial charge in [-0.15, -0.1) is 0 Å². The van der Waals surface area contributed by atoms with Crippen molar-refractivity contribution in [2.75, 3.05) is 0 Å². The van der Waals surface area contributed by atoms with Crippen molar-refractivity contribution in [2.24, 2.45) is 0 Å². The molecule has 0 atom stereocenters. The molecule has 0 unspecified atom stereocenters. The van der Waals surface area contributed by atoms with Crippen LogP contribution in [0.25, 0.3) is 21.8 Å². The minimum Gasteiger partial charge on any atom is -0.480 e. The van der Waals surface area contributed by atoms with E-state index in [1.54, 1.807) is 18.2 Å².